The van der Waals surface area contributed by atoms with Gasteiger partial charge in [0.25, 0.3) is 0 Å². The molecule has 19 heavy (non-hydrogen) atoms. The number of hydrogen-bond donors (Lipinski definition) is 0. The molecule has 0 aliphatic heterocycles. The molecule has 3 unspecified atom stereocenters. The standard InChI is InChI=1S/C16H21BrClN/c1-19(10-14-7-11-2-4-13(14)6-11)16-5-3-12(9-17)8-15(16)18/h3,5,8,11,13-14H,2,4,6-7,9-10H2,1H3. The Morgan fingerprint density at radius 2 is 2.16 bits per heavy atom. The maximum atomic E-state index is 6.41. The van der Waals surface area contributed by atoms with Gasteiger partial charge in [0.2, 0.25) is 0 Å². The fourth-order valence-electron chi connectivity index (χ4n) is 3.99. The van der Waals surface area contributed by atoms with Crippen molar-refractivity contribution in [3.8, 4) is 0 Å². The second kappa shape index (κ2) is 5.65. The molecule has 2 aliphatic carbocycles. The summed E-state index contributed by atoms with van der Waals surface area (Å²) in [4.78, 5) is 2.35. The molecule has 3 rings (SSSR count). The van der Waals surface area contributed by atoms with Crippen molar-refractivity contribution in [1.82, 2.24) is 0 Å². The fourth-order valence-corrected chi connectivity index (χ4v) is 4.69. The Morgan fingerprint density at radius 3 is 2.74 bits per heavy atom. The third-order valence-corrected chi connectivity index (χ3v) is 5.92. The molecule has 0 heterocycles. The summed E-state index contributed by atoms with van der Waals surface area (Å²) in [5.41, 5.74) is 2.41. The monoisotopic (exact) mass is 341 g/mol. The number of benzene rings is 1. The maximum absolute atomic E-state index is 6.41. The van der Waals surface area contributed by atoms with Gasteiger partial charge in [-0.25, -0.2) is 0 Å². The third-order valence-electron chi connectivity index (χ3n) is 4.97. The minimum atomic E-state index is 0.864. The van der Waals surface area contributed by atoms with Crippen molar-refractivity contribution in [2.75, 3.05) is 18.5 Å². The SMILES string of the molecule is CN(CC1CC2CCC1C2)c1ccc(CBr)cc1Cl. The van der Waals surface area contributed by atoms with Crippen LogP contribution in [0.2, 0.25) is 5.02 Å². The van der Waals surface area contributed by atoms with Crippen LogP contribution in [-0.2, 0) is 5.33 Å². The topological polar surface area (TPSA) is 3.24 Å². The van der Waals surface area contributed by atoms with Gasteiger partial charge < -0.3 is 4.90 Å². The Labute approximate surface area is 129 Å². The zero-order valence-corrected chi connectivity index (χ0v) is 13.8. The largest absolute Gasteiger partial charge is 0.373 e. The van der Waals surface area contributed by atoms with Gasteiger partial charge in [-0.1, -0.05) is 40.0 Å². The highest BCUT2D eigenvalue weighted by Gasteiger charge is 2.39. The van der Waals surface area contributed by atoms with Crippen LogP contribution < -0.4 is 4.90 Å². The van der Waals surface area contributed by atoms with Crippen molar-refractivity contribution < 1.29 is 0 Å². The fraction of sp³-hybridized carbons (Fsp3) is 0.625. The summed E-state index contributed by atoms with van der Waals surface area (Å²) in [6, 6.07) is 6.39. The Bertz CT molecular complexity index is 462. The second-order valence-corrected chi connectivity index (χ2v) is 7.20. The molecular weight excluding hydrogens is 322 g/mol. The molecule has 3 atom stereocenters. The molecule has 2 bridgehead atoms. The minimum absolute atomic E-state index is 0.864. The summed E-state index contributed by atoms with van der Waals surface area (Å²) >= 11 is 9.88. The van der Waals surface area contributed by atoms with Crippen LogP contribution in [0.4, 0.5) is 5.69 Å². The summed E-state index contributed by atoms with van der Waals surface area (Å²) in [5, 5.41) is 1.74. The zero-order chi connectivity index (χ0) is 13.4. The highest BCUT2D eigenvalue weighted by Crippen LogP contribution is 2.48. The predicted octanol–water partition coefficient (Wildman–Crippen LogP) is 5.11. The van der Waals surface area contributed by atoms with Gasteiger partial charge in [-0.05, 0) is 54.7 Å². The first-order valence-electron chi connectivity index (χ1n) is 7.23. The number of halogens is 2. The zero-order valence-electron chi connectivity index (χ0n) is 11.4. The molecule has 0 amide bonds. The molecule has 0 N–H and O–H groups in total. The predicted molar refractivity (Wildman–Crippen MR) is 86.3 cm³/mol. The van der Waals surface area contributed by atoms with Crippen molar-refractivity contribution in [2.45, 2.75) is 31.0 Å². The average Bonchev–Trinajstić information content (AvgIpc) is 3.00. The maximum Gasteiger partial charge on any atom is 0.0642 e. The van der Waals surface area contributed by atoms with Crippen LogP contribution >= 0.6 is 27.5 Å². The third kappa shape index (κ3) is 2.80. The lowest BCUT2D eigenvalue weighted by Crippen LogP contribution is -2.28. The Morgan fingerprint density at radius 1 is 1.32 bits per heavy atom. The van der Waals surface area contributed by atoms with Gasteiger partial charge in [-0.3, -0.25) is 0 Å². The normalized spacial score (nSPS) is 28.9. The summed E-state index contributed by atoms with van der Waals surface area (Å²) in [7, 11) is 2.18. The summed E-state index contributed by atoms with van der Waals surface area (Å²) in [6.45, 7) is 1.16. The molecule has 2 fully saturated rings. The van der Waals surface area contributed by atoms with Crippen LogP contribution in [0.25, 0.3) is 0 Å². The molecule has 0 aromatic heterocycles. The Kier molecular flexibility index (Phi) is 4.09. The summed E-state index contributed by atoms with van der Waals surface area (Å²) in [6.07, 6.45) is 5.85. The van der Waals surface area contributed by atoms with Gasteiger partial charge in [-0.2, -0.15) is 0 Å². The first-order chi connectivity index (χ1) is 9.17. The van der Waals surface area contributed by atoms with Crippen LogP contribution in [0.5, 0.6) is 0 Å². The van der Waals surface area contributed by atoms with Crippen molar-refractivity contribution in [3.05, 3.63) is 28.8 Å². The number of fused-ring (bicyclic) bond motifs is 2. The van der Waals surface area contributed by atoms with E-state index in [1.807, 2.05) is 0 Å². The van der Waals surface area contributed by atoms with E-state index in [9.17, 15) is 0 Å². The lowest BCUT2D eigenvalue weighted by molar-refractivity contribution is 0.337. The lowest BCUT2D eigenvalue weighted by Gasteiger charge is -2.29. The number of hydrogen-bond acceptors (Lipinski definition) is 1. The molecule has 1 nitrogen and oxygen atoms in total. The first kappa shape index (κ1) is 13.8. The van der Waals surface area contributed by atoms with Gasteiger partial charge in [0.1, 0.15) is 0 Å². The molecule has 0 spiro atoms. The van der Waals surface area contributed by atoms with E-state index >= 15 is 0 Å². The van der Waals surface area contributed by atoms with Crippen LogP contribution in [0.15, 0.2) is 18.2 Å². The average molecular weight is 343 g/mol. The van der Waals surface area contributed by atoms with Crippen LogP contribution in [-0.4, -0.2) is 13.6 Å². The molecule has 2 saturated carbocycles. The molecule has 0 saturated heterocycles. The lowest BCUT2D eigenvalue weighted by atomic mass is 9.88. The number of rotatable bonds is 4. The highest BCUT2D eigenvalue weighted by atomic mass is 79.9. The molecule has 0 radical (unpaired) electrons. The molecule has 1 aromatic rings. The molecule has 2 aliphatic rings. The van der Waals surface area contributed by atoms with Gasteiger partial charge in [-0.15, -0.1) is 0 Å². The number of nitrogens with zero attached hydrogens (tertiary/aromatic N) is 1. The van der Waals surface area contributed by atoms with Crippen LogP contribution in [0.1, 0.15) is 31.2 Å². The van der Waals surface area contributed by atoms with E-state index in [0.717, 1.165) is 34.7 Å². The van der Waals surface area contributed by atoms with E-state index < -0.39 is 0 Å². The van der Waals surface area contributed by atoms with Crippen molar-refractivity contribution in [2.24, 2.45) is 17.8 Å². The number of anilines is 1. The van der Waals surface area contributed by atoms with E-state index in [-0.39, 0.29) is 0 Å². The van der Waals surface area contributed by atoms with Crippen molar-refractivity contribution in [3.63, 3.8) is 0 Å². The minimum Gasteiger partial charge on any atom is -0.373 e. The smallest absolute Gasteiger partial charge is 0.0642 e. The second-order valence-electron chi connectivity index (χ2n) is 6.23. The Balaban J connectivity index is 1.68. The van der Waals surface area contributed by atoms with Crippen molar-refractivity contribution >= 4 is 33.2 Å². The van der Waals surface area contributed by atoms with Gasteiger partial charge in [0.05, 0.1) is 10.7 Å². The number of alkyl halides is 1. The van der Waals surface area contributed by atoms with E-state index in [4.69, 9.17) is 11.6 Å². The van der Waals surface area contributed by atoms with E-state index in [1.54, 1.807) is 0 Å². The Hall–Kier alpha value is -0.210. The highest BCUT2D eigenvalue weighted by molar-refractivity contribution is 9.08. The molecule has 3 heteroatoms. The summed E-state index contributed by atoms with van der Waals surface area (Å²) in [5.74, 6) is 2.89. The van der Waals surface area contributed by atoms with Crippen molar-refractivity contribution in [1.29, 1.82) is 0 Å². The van der Waals surface area contributed by atoms with E-state index in [1.165, 1.54) is 36.9 Å². The molecular formula is C16H21BrClN. The quantitative estimate of drug-likeness (QED) is 0.687. The van der Waals surface area contributed by atoms with Gasteiger partial charge >= 0.3 is 0 Å². The van der Waals surface area contributed by atoms with Crippen LogP contribution in [0, 0.1) is 17.8 Å². The first-order valence-corrected chi connectivity index (χ1v) is 8.73. The summed E-state index contributed by atoms with van der Waals surface area (Å²) < 4.78 is 0. The van der Waals surface area contributed by atoms with E-state index in [0.29, 0.717) is 0 Å². The van der Waals surface area contributed by atoms with E-state index in [2.05, 4.69) is 46.1 Å². The molecule has 104 valence electrons. The van der Waals surface area contributed by atoms with Crippen LogP contribution in [0.3, 0.4) is 0 Å². The molecule has 1 aromatic carbocycles. The van der Waals surface area contributed by atoms with Gasteiger partial charge in [0.15, 0.2) is 0 Å². The van der Waals surface area contributed by atoms with Gasteiger partial charge in [0, 0.05) is 18.9 Å².